The Hall–Kier alpha value is -2.51. The van der Waals surface area contributed by atoms with Crippen molar-refractivity contribution >= 4 is 35.0 Å². The van der Waals surface area contributed by atoms with Crippen LogP contribution in [0.1, 0.15) is 31.3 Å². The molecule has 1 unspecified atom stereocenters. The molecule has 1 aromatic heterocycles. The molecule has 1 N–H and O–H groups in total. The molecule has 2 aromatic carbocycles. The summed E-state index contributed by atoms with van der Waals surface area (Å²) in [6, 6.07) is 14.9. The van der Waals surface area contributed by atoms with Gasteiger partial charge in [0.25, 0.3) is 0 Å². The van der Waals surface area contributed by atoms with Crippen LogP contribution >= 0.6 is 23.4 Å². The third kappa shape index (κ3) is 5.74. The highest BCUT2D eigenvalue weighted by Crippen LogP contribution is 2.25. The lowest BCUT2D eigenvalue weighted by molar-refractivity contribution is -0.113. The molecule has 152 valence electrons. The van der Waals surface area contributed by atoms with E-state index in [1.54, 1.807) is 24.3 Å². The Balaban J connectivity index is 1.61. The number of carbonyl (C=O) groups excluding carboxylic acids is 1. The number of halogens is 1. The molecule has 0 aliphatic rings. The van der Waals surface area contributed by atoms with Crippen LogP contribution in [0.3, 0.4) is 0 Å². The summed E-state index contributed by atoms with van der Waals surface area (Å²) in [6.07, 6.45) is -0.262. The Bertz CT molecular complexity index is 958. The number of aromatic nitrogens is 3. The van der Waals surface area contributed by atoms with Crippen molar-refractivity contribution in [3.8, 4) is 5.75 Å². The molecule has 0 aliphatic heterocycles. The topological polar surface area (TPSA) is 69.0 Å². The average Bonchev–Trinajstić information content (AvgIpc) is 3.13. The lowest BCUT2D eigenvalue weighted by Crippen LogP contribution is -2.15. The average molecular weight is 431 g/mol. The van der Waals surface area contributed by atoms with Crippen molar-refractivity contribution in [3.05, 3.63) is 64.9 Å². The van der Waals surface area contributed by atoms with Crippen LogP contribution in [0.2, 0.25) is 5.02 Å². The fourth-order valence-electron chi connectivity index (χ4n) is 2.74. The van der Waals surface area contributed by atoms with E-state index in [4.69, 9.17) is 16.3 Å². The van der Waals surface area contributed by atoms with Crippen LogP contribution in [0.25, 0.3) is 0 Å². The van der Waals surface area contributed by atoms with Crippen molar-refractivity contribution in [2.75, 3.05) is 11.1 Å². The maximum atomic E-state index is 12.2. The number of aryl methyl sites for hydroxylation is 1. The second kappa shape index (κ2) is 9.80. The zero-order valence-electron chi connectivity index (χ0n) is 16.6. The van der Waals surface area contributed by atoms with Gasteiger partial charge in [0, 0.05) is 17.3 Å². The second-order valence-corrected chi connectivity index (χ2v) is 7.88. The number of ether oxygens (including phenoxy) is 1. The van der Waals surface area contributed by atoms with E-state index in [1.165, 1.54) is 17.3 Å². The standard InChI is InChI=1S/C21H23ClN4O2S/c1-4-26-20(15(3)28-18-11-5-14(2)6-12-18)24-25-21(26)29-13-19(27)23-17-9-7-16(22)8-10-17/h5-12,15H,4,13H2,1-3H3,(H,23,27). The van der Waals surface area contributed by atoms with Crippen molar-refractivity contribution in [3.63, 3.8) is 0 Å². The van der Waals surface area contributed by atoms with Gasteiger partial charge in [0.1, 0.15) is 5.75 Å². The van der Waals surface area contributed by atoms with Gasteiger partial charge in [-0.15, -0.1) is 10.2 Å². The predicted octanol–water partition coefficient (Wildman–Crippen LogP) is 5.13. The molecule has 3 aromatic rings. The minimum atomic E-state index is -0.262. The zero-order valence-corrected chi connectivity index (χ0v) is 18.1. The van der Waals surface area contributed by atoms with Gasteiger partial charge in [0.2, 0.25) is 5.91 Å². The summed E-state index contributed by atoms with van der Waals surface area (Å²) < 4.78 is 7.97. The third-order valence-electron chi connectivity index (χ3n) is 4.22. The molecule has 8 heteroatoms. The van der Waals surface area contributed by atoms with Crippen LogP contribution in [0.5, 0.6) is 5.75 Å². The molecule has 0 fully saturated rings. The first kappa shape index (κ1) is 21.2. The highest BCUT2D eigenvalue weighted by Gasteiger charge is 2.19. The Labute approximate surface area is 179 Å². The molecule has 0 bridgehead atoms. The van der Waals surface area contributed by atoms with Crippen molar-refractivity contribution in [2.24, 2.45) is 0 Å². The molecule has 0 saturated heterocycles. The number of nitrogens with one attached hydrogen (secondary N) is 1. The molecular formula is C21H23ClN4O2S. The van der Waals surface area contributed by atoms with Crippen molar-refractivity contribution in [1.29, 1.82) is 0 Å². The summed E-state index contributed by atoms with van der Waals surface area (Å²) in [6.45, 7) is 6.68. The van der Waals surface area contributed by atoms with Gasteiger partial charge in [-0.3, -0.25) is 4.79 Å². The molecular weight excluding hydrogens is 408 g/mol. The molecule has 1 amide bonds. The number of hydrogen-bond acceptors (Lipinski definition) is 5. The summed E-state index contributed by atoms with van der Waals surface area (Å²) in [5.74, 6) is 1.63. The molecule has 0 spiro atoms. The number of rotatable bonds is 8. The van der Waals surface area contributed by atoms with Crippen LogP contribution < -0.4 is 10.1 Å². The number of hydrogen-bond donors (Lipinski definition) is 1. The van der Waals surface area contributed by atoms with E-state index in [0.29, 0.717) is 22.4 Å². The SMILES string of the molecule is CCn1c(SCC(=O)Nc2ccc(Cl)cc2)nnc1C(C)Oc1ccc(C)cc1. The van der Waals surface area contributed by atoms with Gasteiger partial charge < -0.3 is 14.6 Å². The highest BCUT2D eigenvalue weighted by molar-refractivity contribution is 7.99. The monoisotopic (exact) mass is 430 g/mol. The summed E-state index contributed by atoms with van der Waals surface area (Å²) >= 11 is 7.21. The molecule has 1 atom stereocenters. The Morgan fingerprint density at radius 1 is 1.17 bits per heavy atom. The Kier molecular flexibility index (Phi) is 7.17. The first-order valence-electron chi connectivity index (χ1n) is 9.31. The third-order valence-corrected chi connectivity index (χ3v) is 5.44. The van der Waals surface area contributed by atoms with Gasteiger partial charge in [0.05, 0.1) is 5.75 Å². The first-order chi connectivity index (χ1) is 14.0. The Morgan fingerprint density at radius 2 is 1.86 bits per heavy atom. The normalized spacial score (nSPS) is 11.9. The van der Waals surface area contributed by atoms with Gasteiger partial charge in [-0.05, 0) is 57.2 Å². The minimum absolute atomic E-state index is 0.117. The smallest absolute Gasteiger partial charge is 0.234 e. The molecule has 6 nitrogen and oxygen atoms in total. The molecule has 3 rings (SSSR count). The zero-order chi connectivity index (χ0) is 20.8. The van der Waals surface area contributed by atoms with Crippen molar-refractivity contribution in [1.82, 2.24) is 14.8 Å². The van der Waals surface area contributed by atoms with E-state index in [1.807, 2.05) is 49.6 Å². The van der Waals surface area contributed by atoms with Gasteiger partial charge >= 0.3 is 0 Å². The number of amides is 1. The van der Waals surface area contributed by atoms with Gasteiger partial charge in [0.15, 0.2) is 17.1 Å². The lowest BCUT2D eigenvalue weighted by Gasteiger charge is -2.15. The maximum absolute atomic E-state index is 12.2. The number of anilines is 1. The van der Waals surface area contributed by atoms with E-state index in [2.05, 4.69) is 15.5 Å². The summed E-state index contributed by atoms with van der Waals surface area (Å²) in [5.41, 5.74) is 1.88. The van der Waals surface area contributed by atoms with E-state index in [-0.39, 0.29) is 17.8 Å². The first-order valence-corrected chi connectivity index (χ1v) is 10.7. The van der Waals surface area contributed by atoms with Crippen LogP contribution in [-0.4, -0.2) is 26.4 Å². The summed E-state index contributed by atoms with van der Waals surface area (Å²) in [5, 5.41) is 12.7. The van der Waals surface area contributed by atoms with Crippen LogP contribution in [0.4, 0.5) is 5.69 Å². The highest BCUT2D eigenvalue weighted by atomic mass is 35.5. The van der Waals surface area contributed by atoms with Gasteiger partial charge in [-0.2, -0.15) is 0 Å². The van der Waals surface area contributed by atoms with E-state index >= 15 is 0 Å². The van der Waals surface area contributed by atoms with E-state index < -0.39 is 0 Å². The predicted molar refractivity (Wildman–Crippen MR) is 117 cm³/mol. The van der Waals surface area contributed by atoms with E-state index in [9.17, 15) is 4.79 Å². The number of benzene rings is 2. The van der Waals surface area contributed by atoms with Crippen LogP contribution in [0, 0.1) is 6.92 Å². The lowest BCUT2D eigenvalue weighted by atomic mass is 10.2. The minimum Gasteiger partial charge on any atom is -0.483 e. The number of thioether (sulfide) groups is 1. The number of nitrogens with zero attached hydrogens (tertiary/aromatic N) is 3. The second-order valence-electron chi connectivity index (χ2n) is 6.50. The van der Waals surface area contributed by atoms with Gasteiger partial charge in [-0.1, -0.05) is 41.1 Å². The molecule has 1 heterocycles. The Morgan fingerprint density at radius 3 is 2.52 bits per heavy atom. The van der Waals surface area contributed by atoms with E-state index in [0.717, 1.165) is 11.6 Å². The molecule has 0 radical (unpaired) electrons. The molecule has 0 aliphatic carbocycles. The van der Waals surface area contributed by atoms with Crippen molar-refractivity contribution in [2.45, 2.75) is 38.6 Å². The fourth-order valence-corrected chi connectivity index (χ4v) is 3.67. The van der Waals surface area contributed by atoms with Crippen LogP contribution in [0.15, 0.2) is 53.7 Å². The summed E-state index contributed by atoms with van der Waals surface area (Å²) in [4.78, 5) is 12.2. The maximum Gasteiger partial charge on any atom is 0.234 e. The molecule has 0 saturated carbocycles. The number of carbonyl (C=O) groups is 1. The quantitative estimate of drug-likeness (QED) is 0.501. The largest absolute Gasteiger partial charge is 0.483 e. The fraction of sp³-hybridized carbons (Fsp3) is 0.286. The summed E-state index contributed by atoms with van der Waals surface area (Å²) in [7, 11) is 0. The van der Waals surface area contributed by atoms with Gasteiger partial charge in [-0.25, -0.2) is 0 Å². The van der Waals surface area contributed by atoms with Crippen LogP contribution in [-0.2, 0) is 11.3 Å². The molecule has 29 heavy (non-hydrogen) atoms. The van der Waals surface area contributed by atoms with Crippen molar-refractivity contribution < 1.29 is 9.53 Å².